The number of aromatic hydroxyl groups is 28. The average molecular weight is 1040 g/mol. The average Bonchev–Trinajstić information content (AvgIpc) is 3.80. The third kappa shape index (κ3) is 5.20. The van der Waals surface area contributed by atoms with Crippen LogP contribution in [0, 0.1) is 0 Å². The normalized spacial score (nSPS) is 11.9. The quantitative estimate of drug-likeness (QED) is 0.0631. The first kappa shape index (κ1) is 46.9. The molecule has 0 unspecified atom stereocenters. The standard InChI is InChI=1S/C46H28O29/c47-17-10(26(56)33(63)27(57)11(17)3-8-13(28(58)40(70)38(68)23(8)53)18(48)14-9(3)24(54)39(69)41(71)29(14)59)1-4-6(21(51)36(66)34(64)19(4)49)2(7-5(1)20(50)35(65)37(67)22(7)52)12-25(55)30(60)15-16-31(61)42(72)43(73)44(74)46(16)75-45(15)32(12)62/h47-74H. The molecule has 29 nitrogen and oxygen atoms in total. The van der Waals surface area contributed by atoms with Crippen LogP contribution in [0.5, 0.6) is 161 Å². The van der Waals surface area contributed by atoms with E-state index in [0.717, 1.165) is 0 Å². The summed E-state index contributed by atoms with van der Waals surface area (Å²) in [5.41, 5.74) is -11.4. The van der Waals surface area contributed by atoms with Crippen LogP contribution in [0.3, 0.4) is 0 Å². The Labute approximate surface area is 406 Å². The fourth-order valence-corrected chi connectivity index (χ4v) is 9.50. The first-order valence-electron chi connectivity index (χ1n) is 20.2. The highest BCUT2D eigenvalue weighted by Crippen LogP contribution is 2.70. The molecule has 10 rings (SSSR count). The highest BCUT2D eigenvalue weighted by molar-refractivity contribution is 6.33. The Morgan fingerprint density at radius 3 is 0.613 bits per heavy atom. The molecular weight excluding hydrogens is 1020 g/mol. The molecule has 0 radical (unpaired) electrons. The van der Waals surface area contributed by atoms with E-state index in [2.05, 4.69) is 0 Å². The van der Waals surface area contributed by atoms with Crippen LogP contribution in [-0.4, -0.2) is 143 Å². The molecule has 0 spiro atoms. The zero-order valence-corrected chi connectivity index (χ0v) is 35.9. The summed E-state index contributed by atoms with van der Waals surface area (Å²) in [6.45, 7) is 0. The smallest absolute Gasteiger partial charge is 0.208 e. The zero-order chi connectivity index (χ0) is 55.3. The van der Waals surface area contributed by atoms with Crippen LogP contribution in [-0.2, 0) is 0 Å². The van der Waals surface area contributed by atoms with Gasteiger partial charge >= 0.3 is 0 Å². The predicted octanol–water partition coefficient (Wildman–Crippen LogP) is 4.96. The van der Waals surface area contributed by atoms with Gasteiger partial charge in [-0.15, -0.1) is 0 Å². The van der Waals surface area contributed by atoms with Crippen LogP contribution in [0.15, 0.2) is 4.42 Å². The van der Waals surface area contributed by atoms with Gasteiger partial charge in [0.1, 0.15) is 11.5 Å². The topological polar surface area (TPSA) is 580 Å². The largest absolute Gasteiger partial charge is 0.506 e. The lowest BCUT2D eigenvalue weighted by molar-refractivity contribution is 0.348. The molecule has 386 valence electrons. The summed E-state index contributed by atoms with van der Waals surface area (Å²) in [6.07, 6.45) is 0. The summed E-state index contributed by atoms with van der Waals surface area (Å²) in [6, 6.07) is 0. The Balaban J connectivity index is 1.52. The number of benzene rings is 9. The van der Waals surface area contributed by atoms with Crippen molar-refractivity contribution in [2.24, 2.45) is 0 Å². The Bertz CT molecular complexity index is 4280. The van der Waals surface area contributed by atoms with Crippen molar-refractivity contribution in [3.8, 4) is 194 Å². The zero-order valence-electron chi connectivity index (χ0n) is 35.9. The molecule has 1 aromatic heterocycles. The number of hydrogen-bond donors (Lipinski definition) is 28. The molecule has 9 aromatic carbocycles. The minimum atomic E-state index is -1.95. The predicted molar refractivity (Wildman–Crippen MR) is 247 cm³/mol. The van der Waals surface area contributed by atoms with Crippen molar-refractivity contribution in [1.29, 1.82) is 0 Å². The van der Waals surface area contributed by atoms with Gasteiger partial charge in [0.25, 0.3) is 0 Å². The van der Waals surface area contributed by atoms with E-state index in [1.165, 1.54) is 0 Å². The number of rotatable bonds is 3. The third-order valence-electron chi connectivity index (χ3n) is 12.9. The molecule has 10 aromatic rings. The maximum absolute atomic E-state index is 12.6. The van der Waals surface area contributed by atoms with Gasteiger partial charge < -0.3 is 147 Å². The van der Waals surface area contributed by atoms with E-state index in [1.54, 1.807) is 0 Å². The van der Waals surface area contributed by atoms with E-state index in [0.29, 0.717) is 0 Å². The minimum absolute atomic E-state index is 0.946. The van der Waals surface area contributed by atoms with Crippen molar-refractivity contribution in [2.45, 2.75) is 0 Å². The van der Waals surface area contributed by atoms with Gasteiger partial charge in [-0.3, -0.25) is 0 Å². The molecule has 1 heterocycles. The lowest BCUT2D eigenvalue weighted by Crippen LogP contribution is -1.97. The second-order valence-electron chi connectivity index (χ2n) is 16.5. The first-order chi connectivity index (χ1) is 35.0. The molecule has 0 bridgehead atoms. The molecule has 75 heavy (non-hydrogen) atoms. The summed E-state index contributed by atoms with van der Waals surface area (Å²) in [5, 5.41) is 302. The number of furan rings is 1. The molecule has 28 N–H and O–H groups in total. The molecular formula is C46H28O29. The summed E-state index contributed by atoms with van der Waals surface area (Å²) in [4.78, 5) is 0. The van der Waals surface area contributed by atoms with Gasteiger partial charge in [-0.25, -0.2) is 0 Å². The molecule has 0 aliphatic heterocycles. The Hall–Kier alpha value is -11.8. The van der Waals surface area contributed by atoms with Crippen molar-refractivity contribution < 1.29 is 147 Å². The van der Waals surface area contributed by atoms with E-state index >= 15 is 0 Å². The van der Waals surface area contributed by atoms with Crippen molar-refractivity contribution >= 4 is 65.0 Å². The van der Waals surface area contributed by atoms with E-state index in [9.17, 15) is 143 Å². The Morgan fingerprint density at radius 2 is 0.307 bits per heavy atom. The lowest BCUT2D eigenvalue weighted by Gasteiger charge is -2.25. The summed E-state index contributed by atoms with van der Waals surface area (Å²) >= 11 is 0. The summed E-state index contributed by atoms with van der Waals surface area (Å²) in [5.74, 6) is -47.7. The van der Waals surface area contributed by atoms with E-state index < -0.39 is 259 Å². The first-order valence-corrected chi connectivity index (χ1v) is 20.2. The van der Waals surface area contributed by atoms with E-state index in [1.807, 2.05) is 0 Å². The van der Waals surface area contributed by atoms with Crippen molar-refractivity contribution in [3.63, 3.8) is 0 Å². The van der Waals surface area contributed by atoms with Gasteiger partial charge in [0, 0.05) is 49.0 Å². The highest BCUT2D eigenvalue weighted by Gasteiger charge is 2.41. The van der Waals surface area contributed by atoms with Crippen molar-refractivity contribution in [1.82, 2.24) is 0 Å². The van der Waals surface area contributed by atoms with Crippen molar-refractivity contribution in [3.05, 3.63) is 0 Å². The fourth-order valence-electron chi connectivity index (χ4n) is 9.50. The molecule has 0 amide bonds. The molecule has 0 saturated heterocycles. The lowest BCUT2D eigenvalue weighted by atomic mass is 9.81. The maximum atomic E-state index is 12.6. The molecule has 0 fully saturated rings. The number of phenolic OH excluding ortho intramolecular Hbond substituents is 28. The van der Waals surface area contributed by atoms with Crippen LogP contribution in [0.2, 0.25) is 0 Å². The van der Waals surface area contributed by atoms with Gasteiger partial charge in [0.15, 0.2) is 91.7 Å². The molecule has 29 heteroatoms. The molecule has 0 saturated carbocycles. The van der Waals surface area contributed by atoms with Gasteiger partial charge in [-0.05, 0) is 0 Å². The van der Waals surface area contributed by atoms with Crippen LogP contribution in [0.25, 0.3) is 98.4 Å². The second kappa shape index (κ2) is 14.4. The van der Waals surface area contributed by atoms with Crippen LogP contribution in [0.4, 0.5) is 0 Å². The molecule has 0 aliphatic carbocycles. The minimum Gasteiger partial charge on any atom is -0.506 e. The van der Waals surface area contributed by atoms with Gasteiger partial charge in [0.05, 0.1) is 38.2 Å². The maximum Gasteiger partial charge on any atom is 0.208 e. The molecule has 0 atom stereocenters. The summed E-state index contributed by atoms with van der Waals surface area (Å²) < 4.78 is 5.41. The number of phenols is 28. The van der Waals surface area contributed by atoms with Crippen molar-refractivity contribution in [2.75, 3.05) is 0 Å². The monoisotopic (exact) mass is 1040 g/mol. The van der Waals surface area contributed by atoms with Crippen LogP contribution in [0.1, 0.15) is 0 Å². The summed E-state index contributed by atoms with van der Waals surface area (Å²) in [7, 11) is 0. The third-order valence-corrected chi connectivity index (χ3v) is 12.9. The van der Waals surface area contributed by atoms with Gasteiger partial charge in [-0.1, -0.05) is 0 Å². The van der Waals surface area contributed by atoms with Gasteiger partial charge in [-0.2, -0.15) is 0 Å². The fraction of sp³-hybridized carbons (Fsp3) is 0. The number of hydrogen-bond acceptors (Lipinski definition) is 29. The Kier molecular flexibility index (Phi) is 9.01. The van der Waals surface area contributed by atoms with E-state index in [-0.39, 0.29) is 0 Å². The van der Waals surface area contributed by atoms with Crippen LogP contribution >= 0.6 is 0 Å². The molecule has 0 aliphatic rings. The number of fused-ring (bicyclic) bond motifs is 7. The SMILES string of the molecule is Oc1c(O)c(-c2c3c(O)c(O)c(O)c(O)c3c(O)c3c(O)c(O)c(O)c(O)c23)c(O)c(-c2c3c(O)c(O)c(O)c(O)c3c(-c3c(O)c(O)c4c(oc5c(O)c(O)c(O)c(O)c54)c3O)c3c(O)c(O)c(O)c(O)c23)c1O. The highest BCUT2D eigenvalue weighted by atomic mass is 16.4. The Morgan fingerprint density at radius 1 is 0.120 bits per heavy atom. The van der Waals surface area contributed by atoms with E-state index in [4.69, 9.17) is 4.42 Å². The van der Waals surface area contributed by atoms with Gasteiger partial charge in [0.2, 0.25) is 69.0 Å². The second-order valence-corrected chi connectivity index (χ2v) is 16.5. The van der Waals surface area contributed by atoms with Crippen LogP contribution < -0.4 is 0 Å².